The lowest BCUT2D eigenvalue weighted by Gasteiger charge is -2.21. The number of fused-ring (bicyclic) bond motifs is 1. The number of hydrogen-bond donors (Lipinski definition) is 0. The van der Waals surface area contributed by atoms with Gasteiger partial charge in [-0.05, 0) is 64.5 Å². The summed E-state index contributed by atoms with van der Waals surface area (Å²) in [6.07, 6.45) is 6.62. The van der Waals surface area contributed by atoms with Crippen LogP contribution in [0.15, 0.2) is 65.4 Å². The summed E-state index contributed by atoms with van der Waals surface area (Å²) < 4.78 is 20.6. The highest BCUT2D eigenvalue weighted by atomic mass is 35.5. The molecule has 0 fully saturated rings. The van der Waals surface area contributed by atoms with Crippen LogP contribution in [0.5, 0.6) is 5.88 Å². The molecule has 0 aliphatic carbocycles. The van der Waals surface area contributed by atoms with Crippen molar-refractivity contribution in [1.29, 1.82) is 0 Å². The van der Waals surface area contributed by atoms with Crippen molar-refractivity contribution in [2.75, 3.05) is 0 Å². The number of allylic oxidation sites excluding steroid dienone is 4. The van der Waals surface area contributed by atoms with Crippen LogP contribution in [0.1, 0.15) is 45.5 Å². The lowest BCUT2D eigenvalue weighted by Crippen LogP contribution is -2.28. The topological polar surface area (TPSA) is 66.2 Å². The van der Waals surface area contributed by atoms with Crippen LogP contribution < -0.4 is 4.74 Å². The van der Waals surface area contributed by atoms with Gasteiger partial charge in [0, 0.05) is 40.5 Å². The summed E-state index contributed by atoms with van der Waals surface area (Å²) >= 11 is 5.93. The Bertz CT molecular complexity index is 1200. The summed E-state index contributed by atoms with van der Waals surface area (Å²) in [5.74, 6) is -0.432. The molecule has 0 N–H and O–H groups in total. The number of nitrogens with zero attached hydrogens (tertiary/aromatic N) is 3. The van der Waals surface area contributed by atoms with Gasteiger partial charge in [-0.25, -0.2) is 9.78 Å². The molecule has 0 bridgehead atoms. The minimum atomic E-state index is -1.04. The molecule has 34 heavy (non-hydrogen) atoms. The van der Waals surface area contributed by atoms with E-state index in [9.17, 15) is 9.32 Å². The van der Waals surface area contributed by atoms with E-state index in [1.54, 1.807) is 20.0 Å². The van der Waals surface area contributed by atoms with Gasteiger partial charge >= 0.3 is 5.97 Å². The van der Waals surface area contributed by atoms with Gasteiger partial charge in [-0.15, -0.1) is 0 Å². The molecule has 0 unspecified atom stereocenters. The molecule has 0 aliphatic rings. The maximum absolute atomic E-state index is 12.7. The number of pyridine rings is 2. The van der Waals surface area contributed by atoms with Crippen molar-refractivity contribution in [2.45, 2.75) is 53.7 Å². The maximum Gasteiger partial charge on any atom is 0.354 e. The Hall–Kier alpha value is -3.19. The van der Waals surface area contributed by atoms with Crippen LogP contribution in [-0.4, -0.2) is 20.5 Å². The fourth-order valence-electron chi connectivity index (χ4n) is 3.55. The van der Waals surface area contributed by atoms with E-state index in [0.29, 0.717) is 30.5 Å². The maximum atomic E-state index is 12.7. The van der Waals surface area contributed by atoms with Crippen LogP contribution in [0.2, 0.25) is 0 Å². The number of aromatic nitrogens is 3. The monoisotopic (exact) mass is 485 g/mol. The normalized spacial score (nSPS) is 12.8. The number of carbonyl (C=O) groups excluding carboxylic acids is 1. The Balaban J connectivity index is 1.90. The first-order valence-corrected chi connectivity index (χ1v) is 11.4. The summed E-state index contributed by atoms with van der Waals surface area (Å²) in [6.45, 7) is 8.14. The first kappa shape index (κ1) is 25.4. The molecule has 0 amide bonds. The van der Waals surface area contributed by atoms with Crippen molar-refractivity contribution < 1.29 is 19.0 Å². The molecule has 0 spiro atoms. The first-order valence-electron chi connectivity index (χ1n) is 11.0. The van der Waals surface area contributed by atoms with E-state index >= 15 is 0 Å². The van der Waals surface area contributed by atoms with Crippen LogP contribution in [0.25, 0.3) is 11.0 Å². The van der Waals surface area contributed by atoms with Crippen molar-refractivity contribution in [3.63, 3.8) is 0 Å². The lowest BCUT2D eigenvalue weighted by atomic mass is 9.88. The first-order chi connectivity index (χ1) is 16.2. The molecular formula is C26H29ClFN3O3. The van der Waals surface area contributed by atoms with Crippen molar-refractivity contribution in [1.82, 2.24) is 14.5 Å². The minimum Gasteiger partial charge on any atom is -0.471 e. The van der Waals surface area contributed by atoms with Crippen LogP contribution in [0.4, 0.5) is 4.53 Å². The zero-order chi connectivity index (χ0) is 24.7. The Labute approximate surface area is 204 Å². The Kier molecular flexibility index (Phi) is 8.45. The van der Waals surface area contributed by atoms with E-state index < -0.39 is 11.4 Å². The van der Waals surface area contributed by atoms with Crippen LogP contribution in [0.3, 0.4) is 0 Å². The second-order valence-corrected chi connectivity index (χ2v) is 9.49. The van der Waals surface area contributed by atoms with E-state index in [1.807, 2.05) is 62.4 Å². The van der Waals surface area contributed by atoms with Gasteiger partial charge in [0.05, 0.1) is 22.1 Å². The predicted octanol–water partition coefficient (Wildman–Crippen LogP) is 6.49. The molecule has 0 aromatic carbocycles. The summed E-state index contributed by atoms with van der Waals surface area (Å²) in [5, 5.41) is 0.709. The molecular weight excluding hydrogens is 457 g/mol. The molecule has 0 saturated carbocycles. The van der Waals surface area contributed by atoms with Gasteiger partial charge in [-0.1, -0.05) is 29.3 Å². The van der Waals surface area contributed by atoms with Crippen molar-refractivity contribution in [3.8, 4) is 5.88 Å². The molecule has 3 rings (SSSR count). The number of rotatable bonds is 10. The average Bonchev–Trinajstić information content (AvgIpc) is 3.15. The lowest BCUT2D eigenvalue weighted by molar-refractivity contribution is -0.194. The summed E-state index contributed by atoms with van der Waals surface area (Å²) in [7, 11) is 0. The van der Waals surface area contributed by atoms with Gasteiger partial charge < -0.3 is 9.30 Å². The fraction of sp³-hybridized carbons (Fsp3) is 0.346. The minimum absolute atomic E-state index is 0.291. The summed E-state index contributed by atoms with van der Waals surface area (Å²) in [6, 6.07) is 11.3. The summed E-state index contributed by atoms with van der Waals surface area (Å²) in [4.78, 5) is 24.4. The van der Waals surface area contributed by atoms with Gasteiger partial charge in [0.25, 0.3) is 0 Å². The second kappa shape index (κ2) is 11.3. The Morgan fingerprint density at radius 1 is 1.21 bits per heavy atom. The molecule has 3 heterocycles. The van der Waals surface area contributed by atoms with Crippen LogP contribution in [0, 0.1) is 5.41 Å². The third-order valence-corrected chi connectivity index (χ3v) is 5.61. The van der Waals surface area contributed by atoms with Crippen LogP contribution in [-0.2, 0) is 29.3 Å². The van der Waals surface area contributed by atoms with Crippen molar-refractivity contribution >= 4 is 28.6 Å². The highest BCUT2D eigenvalue weighted by Gasteiger charge is 2.32. The quantitative estimate of drug-likeness (QED) is 0.307. The molecule has 0 saturated heterocycles. The van der Waals surface area contributed by atoms with Gasteiger partial charge in [0.15, 0.2) is 0 Å². The molecule has 3 aromatic heterocycles. The second-order valence-electron chi connectivity index (χ2n) is 8.89. The highest BCUT2D eigenvalue weighted by Crippen LogP contribution is 2.29. The molecule has 3 aromatic rings. The number of halogens is 2. The molecule has 8 heteroatoms. The third-order valence-electron chi connectivity index (χ3n) is 5.48. The highest BCUT2D eigenvalue weighted by molar-refractivity contribution is 6.29. The smallest absolute Gasteiger partial charge is 0.354 e. The molecule has 0 atom stereocenters. The third kappa shape index (κ3) is 6.67. The van der Waals surface area contributed by atoms with Gasteiger partial charge in [-0.2, -0.15) is 0 Å². The van der Waals surface area contributed by atoms with E-state index in [4.69, 9.17) is 16.3 Å². The average molecular weight is 486 g/mol. The molecule has 6 nitrogen and oxygen atoms in total. The largest absolute Gasteiger partial charge is 0.471 e. The van der Waals surface area contributed by atoms with E-state index in [-0.39, 0.29) is 0 Å². The number of hydrogen-bond acceptors (Lipinski definition) is 5. The Morgan fingerprint density at radius 2 is 2.00 bits per heavy atom. The molecule has 180 valence electrons. The van der Waals surface area contributed by atoms with E-state index in [2.05, 4.69) is 19.5 Å². The molecule has 0 aliphatic heterocycles. The summed E-state index contributed by atoms with van der Waals surface area (Å²) in [5.41, 5.74) is 3.41. The molecule has 0 radical (unpaired) electrons. The van der Waals surface area contributed by atoms with Crippen molar-refractivity contribution in [2.24, 2.45) is 5.41 Å². The Morgan fingerprint density at radius 3 is 2.68 bits per heavy atom. The van der Waals surface area contributed by atoms with E-state index in [0.717, 1.165) is 34.4 Å². The zero-order valence-corrected chi connectivity index (χ0v) is 20.6. The number of ether oxygens (including phenoxy) is 1. The fourth-order valence-corrected chi connectivity index (χ4v) is 3.62. The SMILES string of the molecule is C/C(Cl)=C\C=C(/C)CCn1c(CC(C)(C)C(=O)OF)cc2nc(OCc3ccccn3)ccc21. The van der Waals surface area contributed by atoms with Crippen molar-refractivity contribution in [3.05, 3.63) is 76.7 Å². The van der Waals surface area contributed by atoms with Crippen LogP contribution >= 0.6 is 11.6 Å². The van der Waals surface area contributed by atoms with Gasteiger partial charge in [0.1, 0.15) is 6.61 Å². The van der Waals surface area contributed by atoms with E-state index in [1.165, 1.54) is 0 Å². The number of aryl methyl sites for hydroxylation is 1. The standard InChI is InChI=1S/C26H29ClFN3O3/c1-18(8-9-19(2)27)12-14-31-21(16-26(3,4)25(32)34-28)15-22-23(31)10-11-24(30-22)33-17-20-7-5-6-13-29-20/h5-11,13,15H,12,14,16-17H2,1-4H3/b18-8+,19-9+. The van der Waals surface area contributed by atoms with Gasteiger partial charge in [-0.3, -0.25) is 9.93 Å². The predicted molar refractivity (Wildman–Crippen MR) is 131 cm³/mol. The van der Waals surface area contributed by atoms with Gasteiger partial charge in [0.2, 0.25) is 5.88 Å². The zero-order valence-electron chi connectivity index (χ0n) is 19.8. The number of carbonyl (C=O) groups is 1.